The van der Waals surface area contributed by atoms with E-state index in [2.05, 4.69) is 10.5 Å². The summed E-state index contributed by atoms with van der Waals surface area (Å²) in [6.45, 7) is 2.03. The molecule has 0 saturated heterocycles. The van der Waals surface area contributed by atoms with Gasteiger partial charge in [0.1, 0.15) is 11.5 Å². The van der Waals surface area contributed by atoms with E-state index in [1.165, 1.54) is 5.56 Å². The third kappa shape index (κ3) is 2.73. The Morgan fingerprint density at radius 2 is 2.08 bits per heavy atom. The Kier molecular flexibility index (Phi) is 3.69. The number of nitrogens with zero attached hydrogens (tertiary/aromatic N) is 1. The molecule has 5 nitrogen and oxygen atoms in total. The van der Waals surface area contributed by atoms with Gasteiger partial charge < -0.3 is 14.3 Å². The lowest BCUT2D eigenvalue weighted by Gasteiger charge is -2.22. The highest BCUT2D eigenvalue weighted by molar-refractivity contribution is 5.92. The molecule has 1 aliphatic rings. The van der Waals surface area contributed by atoms with Gasteiger partial charge in [0, 0.05) is 23.6 Å². The lowest BCUT2D eigenvalue weighted by Crippen LogP contribution is -2.30. The van der Waals surface area contributed by atoms with Gasteiger partial charge in [0.2, 0.25) is 5.76 Å². The molecule has 1 atom stereocenters. The Morgan fingerprint density at radius 3 is 2.92 bits per heavy atom. The van der Waals surface area contributed by atoms with E-state index >= 15 is 0 Å². The molecule has 0 saturated carbocycles. The number of furan rings is 1. The van der Waals surface area contributed by atoms with Crippen molar-refractivity contribution in [1.29, 1.82) is 0 Å². The van der Waals surface area contributed by atoms with E-state index < -0.39 is 0 Å². The maximum atomic E-state index is 12.5. The van der Waals surface area contributed by atoms with Crippen LogP contribution in [0.25, 0.3) is 11.3 Å². The van der Waals surface area contributed by atoms with Gasteiger partial charge in [0.15, 0.2) is 0 Å². The summed E-state index contributed by atoms with van der Waals surface area (Å²) in [5, 5.41) is 7.03. The number of benzene rings is 1. The van der Waals surface area contributed by atoms with Crippen LogP contribution in [0.1, 0.15) is 46.3 Å². The van der Waals surface area contributed by atoms with Crippen molar-refractivity contribution < 1.29 is 13.7 Å². The fourth-order valence-electron chi connectivity index (χ4n) is 3.11. The average Bonchev–Trinajstić information content (AvgIpc) is 3.25. The van der Waals surface area contributed by atoms with Crippen molar-refractivity contribution in [2.75, 3.05) is 0 Å². The molecule has 1 aliphatic carbocycles. The molecule has 1 amide bonds. The number of carbonyl (C=O) groups excluding carboxylic acids is 1. The number of aryl methyl sites for hydroxylation is 2. The van der Waals surface area contributed by atoms with E-state index in [-0.39, 0.29) is 17.7 Å². The molecule has 0 fully saturated rings. The zero-order valence-electron chi connectivity index (χ0n) is 13.4. The maximum Gasteiger partial charge on any atom is 0.290 e. The largest absolute Gasteiger partial charge is 0.469 e. The number of hydrogen-bond acceptors (Lipinski definition) is 4. The van der Waals surface area contributed by atoms with Crippen LogP contribution in [0.5, 0.6) is 0 Å². The molecule has 0 aliphatic heterocycles. The lowest BCUT2D eigenvalue weighted by molar-refractivity contribution is 0.0895. The van der Waals surface area contributed by atoms with Crippen molar-refractivity contribution >= 4 is 5.91 Å². The monoisotopic (exact) mass is 322 g/mol. The first-order valence-electron chi connectivity index (χ1n) is 8.11. The topological polar surface area (TPSA) is 68.3 Å². The molecule has 3 aromatic rings. The van der Waals surface area contributed by atoms with Crippen LogP contribution < -0.4 is 5.32 Å². The van der Waals surface area contributed by atoms with Gasteiger partial charge in [-0.25, -0.2) is 0 Å². The van der Waals surface area contributed by atoms with Crippen molar-refractivity contribution in [2.45, 2.75) is 32.2 Å². The van der Waals surface area contributed by atoms with Crippen molar-refractivity contribution in [3.8, 4) is 11.3 Å². The van der Waals surface area contributed by atoms with E-state index in [0.29, 0.717) is 5.69 Å². The standard InChI is InChI=1S/C19H18N2O3/c1-12-5-7-13(8-6-12)16-11-18(24-21-16)19(22)20-15-3-2-4-17-14(15)9-10-23-17/h5-11,15H,2-4H2,1H3,(H,20,22). The molecule has 122 valence electrons. The highest BCUT2D eigenvalue weighted by Gasteiger charge is 2.25. The first-order chi connectivity index (χ1) is 11.7. The van der Waals surface area contributed by atoms with Gasteiger partial charge in [-0.05, 0) is 25.8 Å². The summed E-state index contributed by atoms with van der Waals surface area (Å²) < 4.78 is 10.7. The van der Waals surface area contributed by atoms with Gasteiger partial charge in [0.25, 0.3) is 5.91 Å². The van der Waals surface area contributed by atoms with Gasteiger partial charge in [-0.2, -0.15) is 0 Å². The van der Waals surface area contributed by atoms with E-state index in [4.69, 9.17) is 8.94 Å². The van der Waals surface area contributed by atoms with E-state index in [0.717, 1.165) is 36.1 Å². The number of aromatic nitrogens is 1. The van der Waals surface area contributed by atoms with Gasteiger partial charge in [0.05, 0.1) is 12.3 Å². The number of carbonyl (C=O) groups is 1. The molecule has 24 heavy (non-hydrogen) atoms. The summed E-state index contributed by atoms with van der Waals surface area (Å²) >= 11 is 0. The fraction of sp³-hybridized carbons (Fsp3) is 0.263. The Bertz CT molecular complexity index is 861. The summed E-state index contributed by atoms with van der Waals surface area (Å²) in [5.41, 5.74) is 3.83. The maximum absolute atomic E-state index is 12.5. The van der Waals surface area contributed by atoms with Crippen LogP contribution in [-0.4, -0.2) is 11.1 Å². The average molecular weight is 322 g/mol. The van der Waals surface area contributed by atoms with E-state index in [1.807, 2.05) is 37.3 Å². The summed E-state index contributed by atoms with van der Waals surface area (Å²) in [6.07, 6.45) is 4.50. The van der Waals surface area contributed by atoms with Crippen molar-refractivity contribution in [3.63, 3.8) is 0 Å². The van der Waals surface area contributed by atoms with Crippen LogP contribution in [-0.2, 0) is 6.42 Å². The third-order valence-corrected chi connectivity index (χ3v) is 4.44. The van der Waals surface area contributed by atoms with Crippen molar-refractivity contribution in [2.24, 2.45) is 0 Å². The van der Waals surface area contributed by atoms with E-state index in [1.54, 1.807) is 12.3 Å². The zero-order valence-corrected chi connectivity index (χ0v) is 13.4. The highest BCUT2D eigenvalue weighted by Crippen LogP contribution is 2.30. The first kappa shape index (κ1) is 14.8. The summed E-state index contributed by atoms with van der Waals surface area (Å²) in [7, 11) is 0. The normalized spacial score (nSPS) is 16.6. The smallest absolute Gasteiger partial charge is 0.290 e. The van der Waals surface area contributed by atoms with Crippen LogP contribution in [0.15, 0.2) is 51.6 Å². The van der Waals surface area contributed by atoms with Crippen molar-refractivity contribution in [3.05, 3.63) is 65.3 Å². The molecule has 2 aromatic heterocycles. The third-order valence-electron chi connectivity index (χ3n) is 4.44. The Morgan fingerprint density at radius 1 is 1.25 bits per heavy atom. The second-order valence-corrected chi connectivity index (χ2v) is 6.16. The molecule has 2 heterocycles. The van der Waals surface area contributed by atoms with Gasteiger partial charge in [-0.3, -0.25) is 4.79 Å². The molecule has 1 unspecified atom stereocenters. The molecule has 1 aromatic carbocycles. The molecule has 0 radical (unpaired) electrons. The molecule has 1 N–H and O–H groups in total. The lowest BCUT2D eigenvalue weighted by atomic mass is 9.93. The van der Waals surface area contributed by atoms with Gasteiger partial charge in [-0.15, -0.1) is 0 Å². The van der Waals surface area contributed by atoms with Crippen LogP contribution in [0.2, 0.25) is 0 Å². The predicted octanol–water partition coefficient (Wildman–Crippen LogP) is 4.05. The molecular weight excluding hydrogens is 304 g/mol. The van der Waals surface area contributed by atoms with Crippen LogP contribution >= 0.6 is 0 Å². The van der Waals surface area contributed by atoms with Crippen molar-refractivity contribution in [1.82, 2.24) is 10.5 Å². The number of amides is 1. The molecule has 4 rings (SSSR count). The minimum absolute atomic E-state index is 0.0343. The number of rotatable bonds is 3. The molecular formula is C19H18N2O3. The Hall–Kier alpha value is -2.82. The van der Waals surface area contributed by atoms with Gasteiger partial charge >= 0.3 is 0 Å². The number of fused-ring (bicyclic) bond motifs is 1. The minimum Gasteiger partial charge on any atom is -0.469 e. The van der Waals surface area contributed by atoms with Crippen LogP contribution in [0.4, 0.5) is 0 Å². The SMILES string of the molecule is Cc1ccc(-c2cc(C(=O)NC3CCCc4occc43)on2)cc1. The molecule has 0 spiro atoms. The summed E-state index contributed by atoms with van der Waals surface area (Å²) in [5.74, 6) is 0.936. The number of hydrogen-bond donors (Lipinski definition) is 1. The highest BCUT2D eigenvalue weighted by atomic mass is 16.5. The molecule has 0 bridgehead atoms. The van der Waals surface area contributed by atoms with Crippen LogP contribution in [0.3, 0.4) is 0 Å². The quantitative estimate of drug-likeness (QED) is 0.790. The Balaban J connectivity index is 1.51. The minimum atomic E-state index is -0.250. The second kappa shape index (κ2) is 6.00. The molecule has 5 heteroatoms. The van der Waals surface area contributed by atoms with Crippen LogP contribution in [0, 0.1) is 6.92 Å². The Labute approximate surface area is 139 Å². The fourth-order valence-corrected chi connectivity index (χ4v) is 3.11. The predicted molar refractivity (Wildman–Crippen MR) is 88.5 cm³/mol. The second-order valence-electron chi connectivity index (χ2n) is 6.16. The number of nitrogens with one attached hydrogen (secondary N) is 1. The van der Waals surface area contributed by atoms with E-state index in [9.17, 15) is 4.79 Å². The first-order valence-corrected chi connectivity index (χ1v) is 8.11. The summed E-state index contributed by atoms with van der Waals surface area (Å²) in [6, 6.07) is 11.5. The summed E-state index contributed by atoms with van der Waals surface area (Å²) in [4.78, 5) is 12.5. The zero-order chi connectivity index (χ0) is 16.5. The van der Waals surface area contributed by atoms with Gasteiger partial charge in [-0.1, -0.05) is 35.0 Å².